The molecule has 1 aromatic rings. The fourth-order valence-corrected chi connectivity index (χ4v) is 1.92. The number of nitrogens with one attached hydrogen (secondary N) is 1. The molecule has 19 heavy (non-hydrogen) atoms. The Bertz CT molecular complexity index is 427. The van der Waals surface area contributed by atoms with Gasteiger partial charge in [0.15, 0.2) is 0 Å². The molecule has 0 aliphatic rings. The molecular weight excluding hydrogens is 236 g/mol. The summed E-state index contributed by atoms with van der Waals surface area (Å²) in [7, 11) is 0. The number of rotatable bonds is 4. The highest BCUT2D eigenvalue weighted by Gasteiger charge is 2.20. The lowest BCUT2D eigenvalue weighted by Gasteiger charge is -2.26. The van der Waals surface area contributed by atoms with Crippen LogP contribution in [0.1, 0.15) is 57.0 Å². The number of amides is 1. The molecule has 3 N–H and O–H groups in total. The SMILES string of the molecule is CC(C)(CCN)NC(=O)c1ccc(C(C)(C)C)cc1. The van der Waals surface area contributed by atoms with Crippen molar-refractivity contribution < 1.29 is 4.79 Å². The highest BCUT2D eigenvalue weighted by Crippen LogP contribution is 2.22. The van der Waals surface area contributed by atoms with Crippen LogP contribution in [0.3, 0.4) is 0 Å². The van der Waals surface area contributed by atoms with Crippen LogP contribution in [-0.2, 0) is 5.41 Å². The molecule has 0 atom stereocenters. The van der Waals surface area contributed by atoms with Crippen LogP contribution in [0.25, 0.3) is 0 Å². The topological polar surface area (TPSA) is 55.1 Å². The van der Waals surface area contributed by atoms with E-state index in [-0.39, 0.29) is 16.9 Å². The summed E-state index contributed by atoms with van der Waals surface area (Å²) < 4.78 is 0. The van der Waals surface area contributed by atoms with Crippen molar-refractivity contribution in [3.8, 4) is 0 Å². The van der Waals surface area contributed by atoms with Crippen LogP contribution in [0, 0.1) is 0 Å². The van der Waals surface area contributed by atoms with E-state index >= 15 is 0 Å². The van der Waals surface area contributed by atoms with Crippen LogP contribution in [0.4, 0.5) is 0 Å². The zero-order chi connectivity index (χ0) is 14.7. The van der Waals surface area contributed by atoms with Gasteiger partial charge in [0.2, 0.25) is 0 Å². The second-order valence-electron chi connectivity index (χ2n) is 6.70. The molecule has 0 bridgehead atoms. The van der Waals surface area contributed by atoms with Crippen LogP contribution in [-0.4, -0.2) is 18.0 Å². The van der Waals surface area contributed by atoms with Gasteiger partial charge in [-0.3, -0.25) is 4.79 Å². The van der Waals surface area contributed by atoms with E-state index in [1.54, 1.807) is 0 Å². The van der Waals surface area contributed by atoms with Crippen LogP contribution in [0.2, 0.25) is 0 Å². The van der Waals surface area contributed by atoms with Crippen molar-refractivity contribution in [1.82, 2.24) is 5.32 Å². The van der Waals surface area contributed by atoms with E-state index in [0.717, 1.165) is 6.42 Å². The number of nitrogens with two attached hydrogens (primary N) is 1. The third-order valence-corrected chi connectivity index (χ3v) is 3.23. The van der Waals surface area contributed by atoms with Crippen molar-refractivity contribution in [1.29, 1.82) is 0 Å². The highest BCUT2D eigenvalue weighted by atomic mass is 16.1. The molecule has 1 aromatic carbocycles. The molecule has 0 radical (unpaired) electrons. The Morgan fingerprint density at radius 1 is 1.11 bits per heavy atom. The summed E-state index contributed by atoms with van der Waals surface area (Å²) in [5.74, 6) is -0.0427. The van der Waals surface area contributed by atoms with Gasteiger partial charge in [-0.2, -0.15) is 0 Å². The van der Waals surface area contributed by atoms with Crippen molar-refractivity contribution in [2.24, 2.45) is 5.73 Å². The van der Waals surface area contributed by atoms with Gasteiger partial charge in [-0.1, -0.05) is 32.9 Å². The average Bonchev–Trinajstić information content (AvgIpc) is 2.27. The molecule has 0 saturated carbocycles. The van der Waals surface area contributed by atoms with Gasteiger partial charge < -0.3 is 11.1 Å². The predicted octanol–water partition coefficient (Wildman–Crippen LogP) is 2.84. The number of carbonyl (C=O) groups excluding carboxylic acids is 1. The number of carbonyl (C=O) groups is 1. The summed E-state index contributed by atoms with van der Waals surface area (Å²) >= 11 is 0. The fraction of sp³-hybridized carbons (Fsp3) is 0.562. The number of hydrogen-bond donors (Lipinski definition) is 2. The van der Waals surface area contributed by atoms with E-state index in [1.165, 1.54) is 5.56 Å². The molecule has 106 valence electrons. The second-order valence-corrected chi connectivity index (χ2v) is 6.70. The summed E-state index contributed by atoms with van der Waals surface area (Å²) in [5.41, 5.74) is 7.30. The molecule has 0 unspecified atom stereocenters. The smallest absolute Gasteiger partial charge is 0.251 e. The summed E-state index contributed by atoms with van der Waals surface area (Å²) in [6.07, 6.45) is 0.763. The van der Waals surface area contributed by atoms with Crippen molar-refractivity contribution in [2.45, 2.75) is 52.0 Å². The molecule has 3 nitrogen and oxygen atoms in total. The van der Waals surface area contributed by atoms with E-state index in [2.05, 4.69) is 26.1 Å². The lowest BCUT2D eigenvalue weighted by atomic mass is 9.86. The quantitative estimate of drug-likeness (QED) is 0.876. The van der Waals surface area contributed by atoms with Gasteiger partial charge in [0.1, 0.15) is 0 Å². The molecular formula is C16H26N2O. The molecule has 0 spiro atoms. The monoisotopic (exact) mass is 262 g/mol. The highest BCUT2D eigenvalue weighted by molar-refractivity contribution is 5.94. The Balaban J connectivity index is 2.79. The Hall–Kier alpha value is -1.35. The first-order valence-electron chi connectivity index (χ1n) is 6.79. The van der Waals surface area contributed by atoms with E-state index in [0.29, 0.717) is 12.1 Å². The molecule has 0 saturated heterocycles. The zero-order valence-electron chi connectivity index (χ0n) is 12.7. The summed E-state index contributed by atoms with van der Waals surface area (Å²) in [6, 6.07) is 7.80. The van der Waals surface area contributed by atoms with Crippen LogP contribution in [0.5, 0.6) is 0 Å². The first-order valence-corrected chi connectivity index (χ1v) is 6.79. The Morgan fingerprint density at radius 2 is 1.63 bits per heavy atom. The second kappa shape index (κ2) is 5.74. The largest absolute Gasteiger partial charge is 0.347 e. The van der Waals surface area contributed by atoms with E-state index in [1.807, 2.05) is 38.1 Å². The molecule has 0 aromatic heterocycles. The molecule has 1 rings (SSSR count). The average molecular weight is 262 g/mol. The molecule has 0 aliphatic carbocycles. The zero-order valence-corrected chi connectivity index (χ0v) is 12.7. The van der Waals surface area contributed by atoms with Gasteiger partial charge in [-0.15, -0.1) is 0 Å². The van der Waals surface area contributed by atoms with E-state index < -0.39 is 0 Å². The predicted molar refractivity (Wildman–Crippen MR) is 80.4 cm³/mol. The van der Waals surface area contributed by atoms with Gasteiger partial charge in [-0.25, -0.2) is 0 Å². The van der Waals surface area contributed by atoms with Gasteiger partial charge >= 0.3 is 0 Å². The van der Waals surface area contributed by atoms with Gasteiger partial charge in [0.25, 0.3) is 5.91 Å². The van der Waals surface area contributed by atoms with Crippen molar-refractivity contribution in [3.05, 3.63) is 35.4 Å². The number of hydrogen-bond acceptors (Lipinski definition) is 2. The third kappa shape index (κ3) is 4.67. The maximum absolute atomic E-state index is 12.1. The summed E-state index contributed by atoms with van der Waals surface area (Å²) in [4.78, 5) is 12.1. The minimum absolute atomic E-state index is 0.0427. The molecule has 0 heterocycles. The third-order valence-electron chi connectivity index (χ3n) is 3.23. The summed E-state index contributed by atoms with van der Waals surface area (Å²) in [6.45, 7) is 11.0. The minimum Gasteiger partial charge on any atom is -0.347 e. The van der Waals surface area contributed by atoms with Crippen molar-refractivity contribution >= 4 is 5.91 Å². The Labute approximate surface area is 116 Å². The maximum atomic E-state index is 12.1. The lowest BCUT2D eigenvalue weighted by Crippen LogP contribution is -2.44. The van der Waals surface area contributed by atoms with Crippen LogP contribution in [0.15, 0.2) is 24.3 Å². The van der Waals surface area contributed by atoms with E-state index in [4.69, 9.17) is 5.73 Å². The number of benzene rings is 1. The fourth-order valence-electron chi connectivity index (χ4n) is 1.92. The minimum atomic E-state index is -0.269. The van der Waals surface area contributed by atoms with Gasteiger partial charge in [0, 0.05) is 11.1 Å². The van der Waals surface area contributed by atoms with E-state index in [9.17, 15) is 4.79 Å². The molecule has 3 heteroatoms. The van der Waals surface area contributed by atoms with Gasteiger partial charge in [-0.05, 0) is 49.9 Å². The maximum Gasteiger partial charge on any atom is 0.251 e. The standard InChI is InChI=1S/C16H26N2O/c1-15(2,3)13-8-6-12(7-9-13)14(19)18-16(4,5)10-11-17/h6-9H,10-11,17H2,1-5H3,(H,18,19). The molecule has 0 fully saturated rings. The summed E-state index contributed by atoms with van der Waals surface area (Å²) in [5, 5.41) is 3.01. The Morgan fingerprint density at radius 3 is 2.05 bits per heavy atom. The Kier molecular flexibility index (Phi) is 4.75. The van der Waals surface area contributed by atoms with Crippen molar-refractivity contribution in [2.75, 3.05) is 6.54 Å². The normalized spacial score (nSPS) is 12.3. The first-order chi connectivity index (χ1) is 8.65. The lowest BCUT2D eigenvalue weighted by molar-refractivity contribution is 0.0910. The van der Waals surface area contributed by atoms with Crippen molar-refractivity contribution in [3.63, 3.8) is 0 Å². The molecule has 0 aliphatic heterocycles. The van der Waals surface area contributed by atoms with Crippen LogP contribution < -0.4 is 11.1 Å². The van der Waals surface area contributed by atoms with Crippen LogP contribution >= 0.6 is 0 Å². The first kappa shape index (κ1) is 15.7. The van der Waals surface area contributed by atoms with Gasteiger partial charge in [0.05, 0.1) is 0 Å². The molecule has 1 amide bonds.